The van der Waals surface area contributed by atoms with Gasteiger partial charge in [0.15, 0.2) is 18.1 Å². The highest BCUT2D eigenvalue weighted by molar-refractivity contribution is 7.09. The molecule has 1 aromatic heterocycles. The summed E-state index contributed by atoms with van der Waals surface area (Å²) in [6.07, 6.45) is 0.128. The Morgan fingerprint density at radius 1 is 0.967 bits per heavy atom. The summed E-state index contributed by atoms with van der Waals surface area (Å²) in [5.74, 6) is 0.515. The van der Waals surface area contributed by atoms with Crippen LogP contribution in [0.15, 0.2) is 66.0 Å². The minimum absolute atomic E-state index is 0.128. The minimum Gasteiger partial charge on any atom is -0.486 e. The zero-order valence-electron chi connectivity index (χ0n) is 16.3. The van der Waals surface area contributed by atoms with E-state index >= 15 is 0 Å². The third-order valence-electron chi connectivity index (χ3n) is 4.58. The van der Waals surface area contributed by atoms with Crippen LogP contribution < -0.4 is 14.4 Å². The molecule has 30 heavy (non-hydrogen) atoms. The third kappa shape index (κ3) is 4.99. The predicted molar refractivity (Wildman–Crippen MR) is 114 cm³/mol. The fourth-order valence-corrected chi connectivity index (χ4v) is 3.81. The number of amides is 1. The van der Waals surface area contributed by atoms with E-state index < -0.39 is 5.97 Å². The van der Waals surface area contributed by atoms with Crippen LogP contribution in [0.25, 0.3) is 0 Å². The Hall–Kier alpha value is -3.32. The Labute approximate surface area is 178 Å². The lowest BCUT2D eigenvalue weighted by Gasteiger charge is -2.25. The van der Waals surface area contributed by atoms with Gasteiger partial charge in [-0.2, -0.15) is 0 Å². The van der Waals surface area contributed by atoms with Gasteiger partial charge in [0.05, 0.1) is 13.0 Å². The number of rotatable bonds is 7. The van der Waals surface area contributed by atoms with Gasteiger partial charge < -0.3 is 19.1 Å². The first-order valence-corrected chi connectivity index (χ1v) is 10.5. The van der Waals surface area contributed by atoms with E-state index in [1.807, 2.05) is 53.9 Å². The minimum atomic E-state index is -0.437. The molecule has 0 atom stereocenters. The molecule has 0 saturated carbocycles. The standard InChI is InChI=1S/C23H21NO5S/c25-22(16-29-23(26)13-17-5-2-1-3-6-17)24(15-19-7-4-12-30-19)18-8-9-20-21(14-18)28-11-10-27-20/h1-9,12,14H,10-11,13,15-16H2. The van der Waals surface area contributed by atoms with Crippen LogP contribution >= 0.6 is 11.3 Å². The van der Waals surface area contributed by atoms with E-state index in [1.165, 1.54) is 0 Å². The van der Waals surface area contributed by atoms with Crippen LogP contribution in [0.4, 0.5) is 5.69 Å². The highest BCUT2D eigenvalue weighted by Crippen LogP contribution is 2.34. The van der Waals surface area contributed by atoms with Crippen molar-refractivity contribution in [3.05, 3.63) is 76.5 Å². The predicted octanol–water partition coefficient (Wildman–Crippen LogP) is 3.84. The highest BCUT2D eigenvalue weighted by atomic mass is 32.1. The molecule has 2 aromatic carbocycles. The Morgan fingerprint density at radius 2 is 1.77 bits per heavy atom. The average Bonchev–Trinajstić information content (AvgIpc) is 3.29. The fraction of sp³-hybridized carbons (Fsp3) is 0.217. The normalized spacial score (nSPS) is 12.3. The average molecular weight is 423 g/mol. The lowest BCUT2D eigenvalue weighted by molar-refractivity contribution is -0.147. The number of carbonyl (C=O) groups excluding carboxylic acids is 2. The molecule has 0 radical (unpaired) electrons. The molecule has 154 valence electrons. The van der Waals surface area contributed by atoms with E-state index in [1.54, 1.807) is 28.4 Å². The number of nitrogens with zero attached hydrogens (tertiary/aromatic N) is 1. The first-order valence-electron chi connectivity index (χ1n) is 9.61. The molecular weight excluding hydrogens is 402 g/mol. The molecule has 7 heteroatoms. The van der Waals surface area contributed by atoms with Crippen LogP contribution in [-0.4, -0.2) is 31.7 Å². The summed E-state index contributed by atoms with van der Waals surface area (Å²) in [7, 11) is 0. The van der Waals surface area contributed by atoms with Gasteiger partial charge in [0.2, 0.25) is 0 Å². The number of esters is 1. The van der Waals surface area contributed by atoms with Crippen LogP contribution in [-0.2, 0) is 27.3 Å². The summed E-state index contributed by atoms with van der Waals surface area (Å²) in [6.45, 7) is 1.02. The number of hydrogen-bond donors (Lipinski definition) is 0. The Morgan fingerprint density at radius 3 is 2.53 bits per heavy atom. The Bertz CT molecular complexity index is 1000. The molecule has 4 rings (SSSR count). The SMILES string of the molecule is O=C(Cc1ccccc1)OCC(=O)N(Cc1cccs1)c1ccc2c(c1)OCCO2. The van der Waals surface area contributed by atoms with Crippen molar-refractivity contribution in [3.8, 4) is 11.5 Å². The van der Waals surface area contributed by atoms with Crippen LogP contribution in [0.1, 0.15) is 10.4 Å². The first kappa shape index (κ1) is 20.0. The summed E-state index contributed by atoms with van der Waals surface area (Å²) in [5, 5.41) is 1.96. The van der Waals surface area contributed by atoms with E-state index in [0.29, 0.717) is 36.9 Å². The summed E-state index contributed by atoms with van der Waals surface area (Å²) < 4.78 is 16.5. The zero-order chi connectivity index (χ0) is 20.8. The molecule has 2 heterocycles. The van der Waals surface area contributed by atoms with Gasteiger partial charge in [-0.15, -0.1) is 11.3 Å². The topological polar surface area (TPSA) is 65.1 Å². The fourth-order valence-electron chi connectivity index (χ4n) is 3.12. The molecule has 0 aliphatic carbocycles. The van der Waals surface area contributed by atoms with Gasteiger partial charge in [-0.05, 0) is 29.1 Å². The maximum Gasteiger partial charge on any atom is 0.310 e. The van der Waals surface area contributed by atoms with Gasteiger partial charge >= 0.3 is 5.97 Å². The van der Waals surface area contributed by atoms with E-state index in [2.05, 4.69) is 0 Å². The Balaban J connectivity index is 1.46. The van der Waals surface area contributed by atoms with Gasteiger partial charge in [-0.25, -0.2) is 0 Å². The van der Waals surface area contributed by atoms with Crippen molar-refractivity contribution >= 4 is 28.9 Å². The maximum atomic E-state index is 13.0. The lowest BCUT2D eigenvalue weighted by Crippen LogP contribution is -2.34. The second kappa shape index (κ2) is 9.45. The van der Waals surface area contributed by atoms with Crippen molar-refractivity contribution in [2.75, 3.05) is 24.7 Å². The van der Waals surface area contributed by atoms with Gasteiger partial charge in [-0.3, -0.25) is 9.59 Å². The van der Waals surface area contributed by atoms with Crippen molar-refractivity contribution in [1.82, 2.24) is 0 Å². The molecule has 0 spiro atoms. The monoisotopic (exact) mass is 423 g/mol. The molecule has 0 bridgehead atoms. The van der Waals surface area contributed by atoms with Gasteiger partial charge in [0.1, 0.15) is 13.2 Å². The molecule has 0 unspecified atom stereocenters. The largest absolute Gasteiger partial charge is 0.486 e. The quantitative estimate of drug-likeness (QED) is 0.541. The summed E-state index contributed by atoms with van der Waals surface area (Å²) >= 11 is 1.56. The second-order valence-corrected chi connectivity index (χ2v) is 7.74. The van der Waals surface area contributed by atoms with Gasteiger partial charge in [-0.1, -0.05) is 36.4 Å². The summed E-state index contributed by atoms with van der Waals surface area (Å²) in [6, 6.07) is 18.6. The van der Waals surface area contributed by atoms with E-state index in [0.717, 1.165) is 10.4 Å². The van der Waals surface area contributed by atoms with E-state index in [9.17, 15) is 9.59 Å². The molecule has 6 nitrogen and oxygen atoms in total. The molecule has 0 saturated heterocycles. The highest BCUT2D eigenvalue weighted by Gasteiger charge is 2.21. The number of ether oxygens (including phenoxy) is 3. The van der Waals surface area contributed by atoms with Crippen molar-refractivity contribution in [2.45, 2.75) is 13.0 Å². The van der Waals surface area contributed by atoms with Gasteiger partial charge in [0.25, 0.3) is 5.91 Å². The molecular formula is C23H21NO5S. The number of anilines is 1. The molecule has 0 N–H and O–H groups in total. The smallest absolute Gasteiger partial charge is 0.310 e. The van der Waals surface area contributed by atoms with Crippen LogP contribution in [0.5, 0.6) is 11.5 Å². The van der Waals surface area contributed by atoms with E-state index in [4.69, 9.17) is 14.2 Å². The van der Waals surface area contributed by atoms with Crippen LogP contribution in [0, 0.1) is 0 Å². The van der Waals surface area contributed by atoms with Crippen molar-refractivity contribution in [3.63, 3.8) is 0 Å². The van der Waals surface area contributed by atoms with E-state index in [-0.39, 0.29) is 18.9 Å². The van der Waals surface area contributed by atoms with Crippen molar-refractivity contribution in [1.29, 1.82) is 0 Å². The number of carbonyl (C=O) groups is 2. The summed E-state index contributed by atoms with van der Waals surface area (Å²) in [5.41, 5.74) is 1.51. The van der Waals surface area contributed by atoms with Crippen LogP contribution in [0.3, 0.4) is 0 Å². The third-order valence-corrected chi connectivity index (χ3v) is 5.44. The van der Waals surface area contributed by atoms with Crippen molar-refractivity contribution < 1.29 is 23.8 Å². The number of thiophene rings is 1. The summed E-state index contributed by atoms with van der Waals surface area (Å²) in [4.78, 5) is 27.8. The lowest BCUT2D eigenvalue weighted by atomic mass is 10.2. The molecule has 0 fully saturated rings. The zero-order valence-corrected chi connectivity index (χ0v) is 17.1. The number of hydrogen-bond acceptors (Lipinski definition) is 6. The molecule has 3 aromatic rings. The molecule has 1 aliphatic heterocycles. The first-order chi connectivity index (χ1) is 14.7. The number of benzene rings is 2. The van der Waals surface area contributed by atoms with Crippen molar-refractivity contribution in [2.24, 2.45) is 0 Å². The maximum absolute atomic E-state index is 13.0. The van der Waals surface area contributed by atoms with Gasteiger partial charge in [0, 0.05) is 16.6 Å². The molecule has 1 amide bonds. The van der Waals surface area contributed by atoms with Crippen LogP contribution in [0.2, 0.25) is 0 Å². The second-order valence-electron chi connectivity index (χ2n) is 6.71. The Kier molecular flexibility index (Phi) is 6.29. The number of fused-ring (bicyclic) bond motifs is 1. The molecule has 1 aliphatic rings.